The summed E-state index contributed by atoms with van der Waals surface area (Å²) in [6.07, 6.45) is 1.77. The number of hydrogen-bond donors (Lipinski definition) is 1. The van der Waals surface area contributed by atoms with Gasteiger partial charge in [-0.1, -0.05) is 11.2 Å². The SMILES string of the molecule is Nc1ccsc1-c1nc(-c2ccc3ncccc3c2)no1. The molecule has 0 aliphatic rings. The molecule has 0 fully saturated rings. The quantitative estimate of drug-likeness (QED) is 0.611. The predicted molar refractivity (Wildman–Crippen MR) is 82.8 cm³/mol. The van der Waals surface area contributed by atoms with E-state index in [1.807, 2.05) is 41.8 Å². The van der Waals surface area contributed by atoms with E-state index >= 15 is 0 Å². The summed E-state index contributed by atoms with van der Waals surface area (Å²) >= 11 is 1.48. The van der Waals surface area contributed by atoms with Gasteiger partial charge in [0, 0.05) is 17.1 Å². The van der Waals surface area contributed by atoms with Crippen molar-refractivity contribution in [3.8, 4) is 22.2 Å². The topological polar surface area (TPSA) is 77.8 Å². The van der Waals surface area contributed by atoms with Gasteiger partial charge < -0.3 is 10.3 Å². The number of anilines is 1. The number of aromatic nitrogens is 3. The number of benzene rings is 1. The molecule has 0 atom stereocenters. The normalized spacial score (nSPS) is 11.0. The number of rotatable bonds is 2. The van der Waals surface area contributed by atoms with E-state index in [1.54, 1.807) is 6.20 Å². The molecule has 21 heavy (non-hydrogen) atoms. The fourth-order valence-corrected chi connectivity index (χ4v) is 2.88. The average Bonchev–Trinajstić information content (AvgIpc) is 3.15. The molecule has 4 rings (SSSR count). The molecule has 0 unspecified atom stereocenters. The summed E-state index contributed by atoms with van der Waals surface area (Å²) in [7, 11) is 0. The van der Waals surface area contributed by atoms with E-state index in [-0.39, 0.29) is 0 Å². The highest BCUT2D eigenvalue weighted by molar-refractivity contribution is 7.14. The van der Waals surface area contributed by atoms with Crippen molar-refractivity contribution in [1.29, 1.82) is 0 Å². The third-order valence-corrected chi connectivity index (χ3v) is 4.10. The van der Waals surface area contributed by atoms with Gasteiger partial charge in [-0.15, -0.1) is 11.3 Å². The first-order chi connectivity index (χ1) is 10.3. The molecule has 3 heterocycles. The maximum Gasteiger partial charge on any atom is 0.270 e. The number of nitrogens with two attached hydrogens (primary N) is 1. The van der Waals surface area contributed by atoms with Gasteiger partial charge in [-0.2, -0.15) is 4.98 Å². The van der Waals surface area contributed by atoms with Crippen molar-refractivity contribution in [1.82, 2.24) is 15.1 Å². The van der Waals surface area contributed by atoms with Crippen LogP contribution < -0.4 is 5.73 Å². The number of nitrogens with zero attached hydrogens (tertiary/aromatic N) is 3. The Kier molecular flexibility index (Phi) is 2.68. The Labute approximate surface area is 124 Å². The Balaban J connectivity index is 1.79. The summed E-state index contributed by atoms with van der Waals surface area (Å²) in [6.45, 7) is 0. The lowest BCUT2D eigenvalue weighted by Gasteiger charge is -1.98. The summed E-state index contributed by atoms with van der Waals surface area (Å²) in [4.78, 5) is 9.52. The van der Waals surface area contributed by atoms with Crippen molar-refractivity contribution in [2.75, 3.05) is 5.73 Å². The fourth-order valence-electron chi connectivity index (χ4n) is 2.14. The Morgan fingerprint density at radius 1 is 1.14 bits per heavy atom. The molecule has 0 amide bonds. The van der Waals surface area contributed by atoms with Gasteiger partial charge in [0.05, 0.1) is 11.2 Å². The molecule has 0 aliphatic carbocycles. The van der Waals surface area contributed by atoms with Crippen LogP contribution in [0.1, 0.15) is 0 Å². The summed E-state index contributed by atoms with van der Waals surface area (Å²) in [5.41, 5.74) is 8.35. The van der Waals surface area contributed by atoms with Crippen molar-refractivity contribution >= 4 is 27.9 Å². The molecule has 0 radical (unpaired) electrons. The van der Waals surface area contributed by atoms with Gasteiger partial charge in [0.25, 0.3) is 5.89 Å². The van der Waals surface area contributed by atoms with Crippen LogP contribution in [0.2, 0.25) is 0 Å². The van der Waals surface area contributed by atoms with Crippen molar-refractivity contribution in [3.63, 3.8) is 0 Å². The molecule has 0 saturated carbocycles. The Hall–Kier alpha value is -2.73. The number of nitrogen functional groups attached to an aromatic ring is 1. The number of fused-ring (bicyclic) bond motifs is 1. The molecule has 102 valence electrons. The molecule has 0 bridgehead atoms. The minimum Gasteiger partial charge on any atom is -0.397 e. The second-order valence-corrected chi connectivity index (χ2v) is 5.46. The zero-order chi connectivity index (χ0) is 14.2. The highest BCUT2D eigenvalue weighted by Gasteiger charge is 2.14. The smallest absolute Gasteiger partial charge is 0.270 e. The second-order valence-electron chi connectivity index (χ2n) is 4.54. The van der Waals surface area contributed by atoms with Crippen molar-refractivity contribution < 1.29 is 4.52 Å². The largest absolute Gasteiger partial charge is 0.397 e. The van der Waals surface area contributed by atoms with Crippen LogP contribution in [0, 0.1) is 0 Å². The molecule has 2 N–H and O–H groups in total. The van der Waals surface area contributed by atoms with E-state index in [0.29, 0.717) is 17.4 Å². The molecule has 1 aromatic carbocycles. The lowest BCUT2D eigenvalue weighted by molar-refractivity contribution is 0.433. The summed E-state index contributed by atoms with van der Waals surface area (Å²) in [5, 5.41) is 6.97. The highest BCUT2D eigenvalue weighted by atomic mass is 32.1. The first kappa shape index (κ1) is 12.0. The summed E-state index contributed by atoms with van der Waals surface area (Å²) < 4.78 is 5.31. The summed E-state index contributed by atoms with van der Waals surface area (Å²) in [6, 6.07) is 11.6. The van der Waals surface area contributed by atoms with Gasteiger partial charge in [0.2, 0.25) is 5.82 Å². The van der Waals surface area contributed by atoms with Gasteiger partial charge in [-0.3, -0.25) is 4.98 Å². The van der Waals surface area contributed by atoms with Gasteiger partial charge in [-0.05, 0) is 35.7 Å². The third-order valence-electron chi connectivity index (χ3n) is 3.18. The number of hydrogen-bond acceptors (Lipinski definition) is 6. The van der Waals surface area contributed by atoms with E-state index in [1.165, 1.54) is 11.3 Å². The zero-order valence-corrected chi connectivity index (χ0v) is 11.7. The van der Waals surface area contributed by atoms with Gasteiger partial charge in [0.15, 0.2) is 0 Å². The van der Waals surface area contributed by atoms with Crippen LogP contribution >= 0.6 is 11.3 Å². The molecule has 0 aliphatic heterocycles. The number of thiophene rings is 1. The molecule has 0 spiro atoms. The first-order valence-electron chi connectivity index (χ1n) is 6.33. The van der Waals surface area contributed by atoms with Crippen LogP contribution in [0.5, 0.6) is 0 Å². The second kappa shape index (κ2) is 4.68. The van der Waals surface area contributed by atoms with E-state index in [2.05, 4.69) is 15.1 Å². The zero-order valence-electron chi connectivity index (χ0n) is 10.9. The predicted octanol–water partition coefficient (Wildman–Crippen LogP) is 3.60. The van der Waals surface area contributed by atoms with Crippen molar-refractivity contribution in [3.05, 3.63) is 48.0 Å². The number of pyridine rings is 1. The molecule has 4 aromatic rings. The van der Waals surface area contributed by atoms with Crippen LogP contribution in [0.15, 0.2) is 52.5 Å². The van der Waals surface area contributed by atoms with E-state index in [9.17, 15) is 0 Å². The molecule has 6 heteroatoms. The van der Waals surface area contributed by atoms with Crippen LogP contribution in [-0.2, 0) is 0 Å². The van der Waals surface area contributed by atoms with Crippen molar-refractivity contribution in [2.24, 2.45) is 0 Å². The van der Waals surface area contributed by atoms with Crippen molar-refractivity contribution in [2.45, 2.75) is 0 Å². The van der Waals surface area contributed by atoms with E-state index in [4.69, 9.17) is 10.3 Å². The molecular formula is C15H10N4OS. The molecule has 5 nitrogen and oxygen atoms in total. The first-order valence-corrected chi connectivity index (χ1v) is 7.21. The Morgan fingerprint density at radius 3 is 2.95 bits per heavy atom. The van der Waals surface area contributed by atoms with E-state index < -0.39 is 0 Å². The minimum atomic E-state index is 0.448. The maximum atomic E-state index is 5.87. The lowest BCUT2D eigenvalue weighted by Crippen LogP contribution is -1.85. The molecular weight excluding hydrogens is 284 g/mol. The van der Waals surface area contributed by atoms with Gasteiger partial charge in [-0.25, -0.2) is 0 Å². The third kappa shape index (κ3) is 2.05. The Bertz CT molecular complexity index is 928. The van der Waals surface area contributed by atoms with Crippen LogP contribution in [0.4, 0.5) is 5.69 Å². The highest BCUT2D eigenvalue weighted by Crippen LogP contribution is 2.31. The standard InChI is InChI=1S/C15H10N4OS/c16-11-5-7-21-13(11)15-18-14(19-20-15)10-3-4-12-9(8-10)2-1-6-17-12/h1-8H,16H2. The van der Waals surface area contributed by atoms with Crippen LogP contribution in [-0.4, -0.2) is 15.1 Å². The van der Waals surface area contributed by atoms with E-state index in [0.717, 1.165) is 21.3 Å². The monoisotopic (exact) mass is 294 g/mol. The average molecular weight is 294 g/mol. The van der Waals surface area contributed by atoms with Gasteiger partial charge >= 0.3 is 0 Å². The van der Waals surface area contributed by atoms with Crippen LogP contribution in [0.25, 0.3) is 33.1 Å². The minimum absolute atomic E-state index is 0.448. The molecule has 0 saturated heterocycles. The maximum absolute atomic E-state index is 5.87. The Morgan fingerprint density at radius 2 is 2.10 bits per heavy atom. The lowest BCUT2D eigenvalue weighted by atomic mass is 10.1. The summed E-state index contributed by atoms with van der Waals surface area (Å²) in [5.74, 6) is 0.993. The molecule has 3 aromatic heterocycles. The fraction of sp³-hybridized carbons (Fsp3) is 0. The van der Waals surface area contributed by atoms with Gasteiger partial charge in [0.1, 0.15) is 4.88 Å². The van der Waals surface area contributed by atoms with Crippen LogP contribution in [0.3, 0.4) is 0 Å².